The van der Waals surface area contributed by atoms with Gasteiger partial charge in [-0.3, -0.25) is 19.0 Å². The topological polar surface area (TPSA) is 72.7 Å². The second kappa shape index (κ2) is 5.03. The number of nitrogens with one attached hydrogen (secondary N) is 1. The molecular formula is C12H16N4O2. The Morgan fingerprint density at radius 1 is 1.28 bits per heavy atom. The highest BCUT2D eigenvalue weighted by Crippen LogP contribution is 2.00. The van der Waals surface area contributed by atoms with Gasteiger partial charge in [-0.05, 0) is 13.3 Å². The van der Waals surface area contributed by atoms with E-state index in [1.54, 1.807) is 17.1 Å². The van der Waals surface area contributed by atoms with Crippen molar-refractivity contribution in [1.82, 2.24) is 19.3 Å². The van der Waals surface area contributed by atoms with Gasteiger partial charge >= 0.3 is 5.69 Å². The van der Waals surface area contributed by atoms with Crippen LogP contribution in [0.15, 0.2) is 28.2 Å². The molecular weight excluding hydrogens is 232 g/mol. The minimum absolute atomic E-state index is 0.303. The number of rotatable bonds is 4. The van der Waals surface area contributed by atoms with Gasteiger partial charge in [-0.15, -0.1) is 0 Å². The van der Waals surface area contributed by atoms with Crippen molar-refractivity contribution in [2.24, 2.45) is 0 Å². The van der Waals surface area contributed by atoms with Crippen LogP contribution in [0.4, 0.5) is 0 Å². The molecule has 0 aromatic carbocycles. The van der Waals surface area contributed by atoms with Crippen molar-refractivity contribution in [1.29, 1.82) is 0 Å². The molecule has 0 radical (unpaired) electrons. The van der Waals surface area contributed by atoms with E-state index >= 15 is 0 Å². The van der Waals surface area contributed by atoms with E-state index in [2.05, 4.69) is 10.1 Å². The standard InChI is InChI=1S/C12H16N4O2/c1-3-10-8-15(12(18)14-11(10)17)6-9-5-13-16(4-2)7-9/h5,7-8H,3-4,6H2,1-2H3,(H,14,17,18). The van der Waals surface area contributed by atoms with Crippen LogP contribution < -0.4 is 11.2 Å². The smallest absolute Gasteiger partial charge is 0.296 e. The van der Waals surface area contributed by atoms with Gasteiger partial charge in [0.25, 0.3) is 5.56 Å². The summed E-state index contributed by atoms with van der Waals surface area (Å²) < 4.78 is 3.30. The van der Waals surface area contributed by atoms with Crippen LogP contribution in [0.5, 0.6) is 0 Å². The molecule has 0 aliphatic rings. The number of aryl methyl sites for hydroxylation is 2. The summed E-state index contributed by atoms with van der Waals surface area (Å²) in [6.45, 7) is 5.09. The molecule has 0 fully saturated rings. The third-order valence-electron chi connectivity index (χ3n) is 2.83. The van der Waals surface area contributed by atoms with Gasteiger partial charge in [-0.2, -0.15) is 5.10 Å². The molecule has 6 nitrogen and oxygen atoms in total. The van der Waals surface area contributed by atoms with E-state index < -0.39 is 0 Å². The molecule has 2 aromatic rings. The first-order valence-electron chi connectivity index (χ1n) is 5.98. The molecule has 2 heterocycles. The molecule has 18 heavy (non-hydrogen) atoms. The quantitative estimate of drug-likeness (QED) is 0.849. The summed E-state index contributed by atoms with van der Waals surface area (Å²) in [7, 11) is 0. The number of H-pyrrole nitrogens is 1. The minimum Gasteiger partial charge on any atom is -0.296 e. The lowest BCUT2D eigenvalue weighted by Crippen LogP contribution is -2.31. The lowest BCUT2D eigenvalue weighted by atomic mass is 10.2. The second-order valence-electron chi connectivity index (χ2n) is 4.10. The van der Waals surface area contributed by atoms with Gasteiger partial charge in [0.05, 0.1) is 12.7 Å². The number of aromatic nitrogens is 4. The zero-order valence-corrected chi connectivity index (χ0v) is 10.5. The Bertz CT molecular complexity index is 651. The van der Waals surface area contributed by atoms with E-state index in [9.17, 15) is 9.59 Å². The molecule has 0 amide bonds. The predicted molar refractivity (Wildman–Crippen MR) is 67.7 cm³/mol. The third-order valence-corrected chi connectivity index (χ3v) is 2.83. The monoisotopic (exact) mass is 248 g/mol. The maximum absolute atomic E-state index is 11.7. The lowest BCUT2D eigenvalue weighted by molar-refractivity contribution is 0.656. The SMILES string of the molecule is CCc1cn(Cc2cnn(CC)c2)c(=O)[nH]c1=O. The number of nitrogens with zero attached hydrogens (tertiary/aromatic N) is 3. The maximum Gasteiger partial charge on any atom is 0.328 e. The van der Waals surface area contributed by atoms with Gasteiger partial charge in [0.1, 0.15) is 0 Å². The summed E-state index contributed by atoms with van der Waals surface area (Å²) in [5, 5.41) is 4.15. The highest BCUT2D eigenvalue weighted by molar-refractivity contribution is 5.08. The molecule has 0 unspecified atom stereocenters. The first kappa shape index (κ1) is 12.3. The summed E-state index contributed by atoms with van der Waals surface area (Å²) >= 11 is 0. The molecule has 2 rings (SSSR count). The van der Waals surface area contributed by atoms with Crippen molar-refractivity contribution in [3.63, 3.8) is 0 Å². The fraction of sp³-hybridized carbons (Fsp3) is 0.417. The van der Waals surface area contributed by atoms with Crippen molar-refractivity contribution in [2.75, 3.05) is 0 Å². The summed E-state index contributed by atoms with van der Waals surface area (Å²) in [6, 6.07) is 0. The number of aromatic amines is 1. The van der Waals surface area contributed by atoms with E-state index in [1.165, 1.54) is 4.57 Å². The zero-order chi connectivity index (χ0) is 13.1. The molecule has 2 aromatic heterocycles. The van der Waals surface area contributed by atoms with Crippen LogP contribution in [0.25, 0.3) is 0 Å². The van der Waals surface area contributed by atoms with Gasteiger partial charge in [-0.25, -0.2) is 4.79 Å². The number of hydrogen-bond acceptors (Lipinski definition) is 3. The molecule has 0 saturated carbocycles. The fourth-order valence-electron chi connectivity index (χ4n) is 1.78. The average molecular weight is 248 g/mol. The third kappa shape index (κ3) is 2.42. The van der Waals surface area contributed by atoms with Gasteiger partial charge in [0.2, 0.25) is 0 Å². The van der Waals surface area contributed by atoms with E-state index in [0.29, 0.717) is 18.5 Å². The average Bonchev–Trinajstić information content (AvgIpc) is 2.80. The van der Waals surface area contributed by atoms with Crippen molar-refractivity contribution in [2.45, 2.75) is 33.4 Å². The highest BCUT2D eigenvalue weighted by atomic mass is 16.2. The van der Waals surface area contributed by atoms with Crippen LogP contribution in [0.1, 0.15) is 25.0 Å². The Morgan fingerprint density at radius 3 is 2.67 bits per heavy atom. The Hall–Kier alpha value is -2.11. The normalized spacial score (nSPS) is 10.8. The van der Waals surface area contributed by atoms with Crippen molar-refractivity contribution < 1.29 is 0 Å². The Labute approximate surface area is 104 Å². The van der Waals surface area contributed by atoms with Crippen LogP contribution in [0, 0.1) is 0 Å². The van der Waals surface area contributed by atoms with E-state index in [0.717, 1.165) is 12.1 Å². The van der Waals surface area contributed by atoms with E-state index in [4.69, 9.17) is 0 Å². The van der Waals surface area contributed by atoms with Gasteiger partial charge in [0.15, 0.2) is 0 Å². The minimum atomic E-state index is -0.388. The largest absolute Gasteiger partial charge is 0.328 e. The van der Waals surface area contributed by atoms with Gasteiger partial charge in [-0.1, -0.05) is 6.92 Å². The molecule has 0 saturated heterocycles. The van der Waals surface area contributed by atoms with Crippen LogP contribution in [0.3, 0.4) is 0 Å². The molecule has 1 N–H and O–H groups in total. The van der Waals surface area contributed by atoms with E-state index in [1.807, 2.05) is 20.0 Å². The summed E-state index contributed by atoms with van der Waals surface area (Å²) in [5.74, 6) is 0. The van der Waals surface area contributed by atoms with E-state index in [-0.39, 0.29) is 11.2 Å². The maximum atomic E-state index is 11.7. The van der Waals surface area contributed by atoms with Crippen molar-refractivity contribution >= 4 is 0 Å². The van der Waals surface area contributed by atoms with Crippen LogP contribution in [-0.2, 0) is 19.5 Å². The first-order valence-corrected chi connectivity index (χ1v) is 5.98. The molecule has 0 aliphatic carbocycles. The van der Waals surface area contributed by atoms with Gasteiger partial charge in [0, 0.05) is 30.1 Å². The molecule has 0 spiro atoms. The van der Waals surface area contributed by atoms with Crippen molar-refractivity contribution in [3.8, 4) is 0 Å². The molecule has 0 aliphatic heterocycles. The second-order valence-corrected chi connectivity index (χ2v) is 4.10. The Kier molecular flexibility index (Phi) is 3.45. The summed E-state index contributed by atoms with van der Waals surface area (Å²) in [4.78, 5) is 25.4. The van der Waals surface area contributed by atoms with Crippen LogP contribution in [0.2, 0.25) is 0 Å². The van der Waals surface area contributed by atoms with Gasteiger partial charge < -0.3 is 0 Å². The molecule has 96 valence electrons. The Balaban J connectivity index is 2.34. The molecule has 0 atom stereocenters. The van der Waals surface area contributed by atoms with Crippen LogP contribution >= 0.6 is 0 Å². The number of hydrogen-bond donors (Lipinski definition) is 1. The molecule has 6 heteroatoms. The first-order chi connectivity index (χ1) is 8.63. The molecule has 0 bridgehead atoms. The lowest BCUT2D eigenvalue weighted by Gasteiger charge is -2.04. The van der Waals surface area contributed by atoms with Crippen LogP contribution in [-0.4, -0.2) is 19.3 Å². The van der Waals surface area contributed by atoms with Crippen molar-refractivity contribution in [3.05, 3.63) is 50.6 Å². The summed E-state index contributed by atoms with van der Waals surface area (Å²) in [5.41, 5.74) is 0.856. The highest BCUT2D eigenvalue weighted by Gasteiger charge is 2.05. The summed E-state index contributed by atoms with van der Waals surface area (Å²) in [6.07, 6.45) is 5.84. The zero-order valence-electron chi connectivity index (χ0n) is 10.5. The fourth-order valence-corrected chi connectivity index (χ4v) is 1.78. The predicted octanol–water partition coefficient (Wildman–Crippen LogP) is 0.364. The Morgan fingerprint density at radius 2 is 2.06 bits per heavy atom.